The van der Waals surface area contributed by atoms with Gasteiger partial charge in [0, 0.05) is 32.2 Å². The molecule has 3 heterocycles. The zero-order valence-electron chi connectivity index (χ0n) is 14.9. The van der Waals surface area contributed by atoms with E-state index in [-0.39, 0.29) is 0 Å². The van der Waals surface area contributed by atoms with Gasteiger partial charge in [0.25, 0.3) is 0 Å². The van der Waals surface area contributed by atoms with Crippen LogP contribution < -0.4 is 10.6 Å². The maximum atomic E-state index is 5.82. The van der Waals surface area contributed by atoms with Crippen LogP contribution in [0.5, 0.6) is 0 Å². The number of likely N-dealkylation sites (N-methyl/N-ethyl adjacent to an activating group) is 1. The summed E-state index contributed by atoms with van der Waals surface area (Å²) in [5, 5.41) is 0. The van der Waals surface area contributed by atoms with Crippen molar-refractivity contribution in [3.05, 3.63) is 48.3 Å². The molecule has 1 spiro atoms. The first-order valence-corrected chi connectivity index (χ1v) is 9.20. The lowest BCUT2D eigenvalue weighted by atomic mass is 9.68. The third-order valence-electron chi connectivity index (χ3n) is 5.91. The van der Waals surface area contributed by atoms with Crippen LogP contribution in [0.3, 0.4) is 0 Å². The fourth-order valence-electron chi connectivity index (χ4n) is 4.72. The van der Waals surface area contributed by atoms with Crippen LogP contribution >= 0.6 is 0 Å². The van der Waals surface area contributed by atoms with Crippen LogP contribution in [0.25, 0.3) is 0 Å². The van der Waals surface area contributed by atoms with Gasteiger partial charge in [0.15, 0.2) is 0 Å². The average Bonchev–Trinajstić information content (AvgIpc) is 2.62. The van der Waals surface area contributed by atoms with Crippen molar-refractivity contribution < 1.29 is 0 Å². The Morgan fingerprint density at radius 2 is 1.88 bits per heavy atom. The highest BCUT2D eigenvalue weighted by atomic mass is 15.2. The Balaban J connectivity index is 1.47. The number of piperidine rings is 2. The molecule has 2 N–H and O–H groups in total. The zero-order valence-corrected chi connectivity index (χ0v) is 14.9. The van der Waals surface area contributed by atoms with Gasteiger partial charge < -0.3 is 15.5 Å². The molecule has 25 heavy (non-hydrogen) atoms. The van der Waals surface area contributed by atoms with Gasteiger partial charge in [-0.15, -0.1) is 0 Å². The third-order valence-corrected chi connectivity index (χ3v) is 5.91. The summed E-state index contributed by atoms with van der Waals surface area (Å²) < 4.78 is 0. The molecule has 0 unspecified atom stereocenters. The lowest BCUT2D eigenvalue weighted by Gasteiger charge is -2.49. The van der Waals surface area contributed by atoms with Crippen molar-refractivity contribution in [1.29, 1.82) is 0 Å². The van der Waals surface area contributed by atoms with Crippen LogP contribution in [-0.4, -0.2) is 48.1 Å². The van der Waals surface area contributed by atoms with Gasteiger partial charge in [-0.1, -0.05) is 30.3 Å². The highest BCUT2D eigenvalue weighted by Gasteiger charge is 2.41. The van der Waals surface area contributed by atoms with Crippen molar-refractivity contribution in [2.75, 3.05) is 43.9 Å². The molecule has 4 rings (SSSR count). The maximum absolute atomic E-state index is 5.82. The largest absolute Gasteiger partial charge is 0.384 e. The van der Waals surface area contributed by atoms with E-state index in [1.54, 1.807) is 6.33 Å². The molecule has 2 aromatic rings. The van der Waals surface area contributed by atoms with E-state index in [2.05, 4.69) is 57.1 Å². The van der Waals surface area contributed by atoms with Crippen LogP contribution in [0.1, 0.15) is 30.7 Å². The molecular weight excluding hydrogens is 310 g/mol. The molecule has 1 atom stereocenters. The van der Waals surface area contributed by atoms with Crippen LogP contribution in [-0.2, 0) is 0 Å². The van der Waals surface area contributed by atoms with Gasteiger partial charge in [-0.05, 0) is 43.2 Å². The van der Waals surface area contributed by atoms with Gasteiger partial charge in [0.1, 0.15) is 18.0 Å². The van der Waals surface area contributed by atoms with E-state index in [9.17, 15) is 0 Å². The summed E-state index contributed by atoms with van der Waals surface area (Å²) >= 11 is 0. The lowest BCUT2D eigenvalue weighted by molar-refractivity contribution is 0.0671. The number of nitrogens with two attached hydrogens (primary N) is 1. The molecule has 5 heteroatoms. The Morgan fingerprint density at radius 3 is 2.60 bits per heavy atom. The summed E-state index contributed by atoms with van der Waals surface area (Å²) in [4.78, 5) is 13.3. The smallest absolute Gasteiger partial charge is 0.134 e. The molecule has 0 amide bonds. The second-order valence-electron chi connectivity index (χ2n) is 7.80. The summed E-state index contributed by atoms with van der Waals surface area (Å²) in [6.45, 7) is 4.46. The number of rotatable bonds is 2. The number of likely N-dealkylation sites (tertiary alicyclic amines) is 1. The Kier molecular flexibility index (Phi) is 4.34. The molecule has 5 nitrogen and oxygen atoms in total. The third kappa shape index (κ3) is 3.47. The number of benzene rings is 1. The van der Waals surface area contributed by atoms with Crippen LogP contribution in [0.4, 0.5) is 11.6 Å². The first-order chi connectivity index (χ1) is 12.1. The maximum Gasteiger partial charge on any atom is 0.134 e. The van der Waals surface area contributed by atoms with Gasteiger partial charge in [-0.25, -0.2) is 9.97 Å². The van der Waals surface area contributed by atoms with Crippen molar-refractivity contribution in [3.8, 4) is 0 Å². The highest BCUT2D eigenvalue weighted by Crippen LogP contribution is 2.45. The number of aromatic nitrogens is 2. The van der Waals surface area contributed by atoms with Crippen LogP contribution in [0.2, 0.25) is 0 Å². The van der Waals surface area contributed by atoms with Crippen molar-refractivity contribution in [2.45, 2.75) is 25.2 Å². The molecule has 0 radical (unpaired) electrons. The van der Waals surface area contributed by atoms with E-state index < -0.39 is 0 Å². The van der Waals surface area contributed by atoms with Crippen molar-refractivity contribution in [2.24, 2.45) is 5.41 Å². The molecule has 1 aromatic carbocycles. The quantitative estimate of drug-likeness (QED) is 0.913. The molecule has 0 bridgehead atoms. The topological polar surface area (TPSA) is 58.3 Å². The summed E-state index contributed by atoms with van der Waals surface area (Å²) in [6, 6.07) is 12.9. The standard InChI is InChI=1S/C20H27N5/c1-24-13-17(16-5-3-2-4-6-16)12-20(14-24)7-9-25(10-8-20)19-11-18(21)22-15-23-19/h2-6,11,15,17H,7-10,12-14H2,1H3,(H2,21,22,23)/t17-/m1/s1. The van der Waals surface area contributed by atoms with Gasteiger partial charge in [0.05, 0.1) is 0 Å². The molecule has 132 valence electrons. The van der Waals surface area contributed by atoms with E-state index in [1.807, 2.05) is 6.07 Å². The molecule has 2 saturated heterocycles. The van der Waals surface area contributed by atoms with E-state index in [4.69, 9.17) is 5.73 Å². The van der Waals surface area contributed by atoms with Gasteiger partial charge in [0.2, 0.25) is 0 Å². The Hall–Kier alpha value is -2.14. The minimum atomic E-state index is 0.419. The van der Waals surface area contributed by atoms with E-state index in [0.29, 0.717) is 17.2 Å². The first-order valence-electron chi connectivity index (χ1n) is 9.20. The molecule has 0 aliphatic carbocycles. The number of nitrogens with zero attached hydrogens (tertiary/aromatic N) is 4. The normalized spacial score (nSPS) is 23.7. The zero-order chi connectivity index (χ0) is 17.3. The van der Waals surface area contributed by atoms with Crippen molar-refractivity contribution in [1.82, 2.24) is 14.9 Å². The summed E-state index contributed by atoms with van der Waals surface area (Å²) in [5.41, 5.74) is 7.72. The molecule has 2 aliphatic heterocycles. The lowest BCUT2D eigenvalue weighted by Crippen LogP contribution is -2.50. The van der Waals surface area contributed by atoms with E-state index >= 15 is 0 Å². The van der Waals surface area contributed by atoms with Crippen molar-refractivity contribution in [3.63, 3.8) is 0 Å². The summed E-state index contributed by atoms with van der Waals surface area (Å²) in [6.07, 6.45) is 5.28. The Bertz CT molecular complexity index is 709. The predicted molar refractivity (Wildman–Crippen MR) is 102 cm³/mol. The van der Waals surface area contributed by atoms with Gasteiger partial charge in [-0.2, -0.15) is 0 Å². The van der Waals surface area contributed by atoms with Crippen LogP contribution in [0.15, 0.2) is 42.7 Å². The minimum Gasteiger partial charge on any atom is -0.384 e. The van der Waals surface area contributed by atoms with E-state index in [1.165, 1.54) is 31.4 Å². The predicted octanol–water partition coefficient (Wildman–Crippen LogP) is 2.76. The first kappa shape index (κ1) is 16.3. The fourth-order valence-corrected chi connectivity index (χ4v) is 4.72. The van der Waals surface area contributed by atoms with Gasteiger partial charge >= 0.3 is 0 Å². The monoisotopic (exact) mass is 337 g/mol. The number of anilines is 2. The molecule has 2 fully saturated rings. The summed E-state index contributed by atoms with van der Waals surface area (Å²) in [5.74, 6) is 2.15. The number of hydrogen-bond donors (Lipinski definition) is 1. The van der Waals surface area contributed by atoms with Gasteiger partial charge in [-0.3, -0.25) is 0 Å². The molecule has 2 aliphatic rings. The number of nitrogen functional groups attached to an aromatic ring is 1. The average molecular weight is 337 g/mol. The highest BCUT2D eigenvalue weighted by molar-refractivity contribution is 5.46. The molecular formula is C20H27N5. The Labute approximate surface area is 149 Å². The van der Waals surface area contributed by atoms with E-state index in [0.717, 1.165) is 25.5 Å². The fraction of sp³-hybridized carbons (Fsp3) is 0.500. The second-order valence-corrected chi connectivity index (χ2v) is 7.80. The van der Waals surface area contributed by atoms with Crippen LogP contribution in [0, 0.1) is 5.41 Å². The molecule has 1 aromatic heterocycles. The Morgan fingerprint density at radius 1 is 1.12 bits per heavy atom. The summed E-state index contributed by atoms with van der Waals surface area (Å²) in [7, 11) is 2.27. The SMILES string of the molecule is CN1C[C@H](c2ccccc2)CC2(CCN(c3cc(N)ncn3)CC2)C1. The van der Waals surface area contributed by atoms with Crippen molar-refractivity contribution >= 4 is 11.6 Å². The second kappa shape index (κ2) is 6.64. The minimum absolute atomic E-state index is 0.419. The molecule has 0 saturated carbocycles. The number of hydrogen-bond acceptors (Lipinski definition) is 5.